The largest absolute Gasteiger partial charge is 0.481 e. The van der Waals surface area contributed by atoms with Gasteiger partial charge in [-0.1, -0.05) is 0 Å². The Morgan fingerprint density at radius 3 is 2.59 bits per heavy atom. The van der Waals surface area contributed by atoms with Crippen molar-refractivity contribution in [3.05, 3.63) is 21.7 Å². The molecule has 0 saturated heterocycles. The molecule has 0 aliphatic carbocycles. The van der Waals surface area contributed by atoms with Gasteiger partial charge in [0.1, 0.15) is 17.2 Å². The summed E-state index contributed by atoms with van der Waals surface area (Å²) in [6.07, 6.45) is -0.456. The number of methoxy groups -OCH3 is 1. The number of carbonyl (C=O) groups is 1. The molecule has 0 aliphatic heterocycles. The molecule has 0 radical (unpaired) electrons. The van der Waals surface area contributed by atoms with E-state index in [9.17, 15) is 9.59 Å². The van der Waals surface area contributed by atoms with Crippen LogP contribution in [-0.4, -0.2) is 28.2 Å². The van der Waals surface area contributed by atoms with Crippen molar-refractivity contribution >= 4 is 11.8 Å². The molecule has 1 aromatic heterocycles. The van der Waals surface area contributed by atoms with Crippen molar-refractivity contribution in [1.29, 1.82) is 0 Å². The molecule has 0 unspecified atom stereocenters. The molecule has 4 N–H and O–H groups in total. The highest BCUT2D eigenvalue weighted by Gasteiger charge is 2.24. The Bertz CT molecular complexity index is 493. The lowest BCUT2D eigenvalue weighted by Crippen LogP contribution is -2.30. The number of aliphatic carboxylic acids is 1. The van der Waals surface area contributed by atoms with Gasteiger partial charge in [0.2, 0.25) is 0 Å². The Morgan fingerprint density at radius 1 is 1.59 bits per heavy atom. The maximum atomic E-state index is 11.7. The first-order chi connectivity index (χ1) is 7.77. The van der Waals surface area contributed by atoms with Crippen LogP contribution in [0.25, 0.3) is 0 Å². The monoisotopic (exact) mass is 241 g/mol. The van der Waals surface area contributed by atoms with Crippen LogP contribution in [0.2, 0.25) is 0 Å². The molecule has 7 heteroatoms. The first-order valence-corrected chi connectivity index (χ1v) is 4.94. The lowest BCUT2D eigenvalue weighted by atomic mass is 10.1. The smallest absolute Gasteiger partial charge is 0.308 e. The van der Waals surface area contributed by atoms with Crippen LogP contribution in [0.15, 0.2) is 4.79 Å². The van der Waals surface area contributed by atoms with E-state index < -0.39 is 23.6 Å². The van der Waals surface area contributed by atoms with Gasteiger partial charge in [0.25, 0.3) is 5.56 Å². The Kier molecular flexibility index (Phi) is 3.52. The van der Waals surface area contributed by atoms with Gasteiger partial charge in [-0.25, -0.2) is 4.98 Å². The summed E-state index contributed by atoms with van der Waals surface area (Å²) in [7, 11) is 1.47. The van der Waals surface area contributed by atoms with Crippen molar-refractivity contribution in [3.63, 3.8) is 0 Å². The van der Waals surface area contributed by atoms with Crippen molar-refractivity contribution in [1.82, 2.24) is 9.97 Å². The van der Waals surface area contributed by atoms with Gasteiger partial charge in [0, 0.05) is 7.11 Å². The molecule has 0 aliphatic rings. The molecular formula is C10H15N3O4. The lowest BCUT2D eigenvalue weighted by Gasteiger charge is -2.22. The van der Waals surface area contributed by atoms with Crippen molar-refractivity contribution < 1.29 is 14.6 Å². The summed E-state index contributed by atoms with van der Waals surface area (Å²) in [5.74, 6) is -0.962. The van der Waals surface area contributed by atoms with Crippen LogP contribution in [0, 0.1) is 0 Å². The zero-order chi connectivity index (χ0) is 13.2. The number of anilines is 1. The van der Waals surface area contributed by atoms with Crippen molar-refractivity contribution in [2.45, 2.75) is 25.9 Å². The van der Waals surface area contributed by atoms with Crippen molar-refractivity contribution in [2.24, 2.45) is 0 Å². The Morgan fingerprint density at radius 2 is 2.18 bits per heavy atom. The number of aromatic nitrogens is 2. The molecule has 0 spiro atoms. The summed E-state index contributed by atoms with van der Waals surface area (Å²) >= 11 is 0. The second kappa shape index (κ2) is 4.54. The van der Waals surface area contributed by atoms with Crippen LogP contribution >= 0.6 is 0 Å². The SMILES string of the molecule is COC(C)(C)c1nc(N)c(CC(=O)O)c(=O)[nH]1. The fourth-order valence-corrected chi connectivity index (χ4v) is 1.22. The summed E-state index contributed by atoms with van der Waals surface area (Å²) in [4.78, 5) is 28.7. The summed E-state index contributed by atoms with van der Waals surface area (Å²) in [6, 6.07) is 0. The zero-order valence-electron chi connectivity index (χ0n) is 9.90. The first-order valence-electron chi connectivity index (χ1n) is 4.94. The number of carboxylic acid groups (broad SMARTS) is 1. The van der Waals surface area contributed by atoms with E-state index >= 15 is 0 Å². The molecule has 0 saturated carbocycles. The van der Waals surface area contributed by atoms with Gasteiger partial charge in [-0.15, -0.1) is 0 Å². The van der Waals surface area contributed by atoms with Gasteiger partial charge in [-0.3, -0.25) is 9.59 Å². The zero-order valence-corrected chi connectivity index (χ0v) is 9.90. The highest BCUT2D eigenvalue weighted by atomic mass is 16.5. The predicted octanol–water partition coefficient (Wildman–Crippen LogP) is -0.139. The Hall–Kier alpha value is -1.89. The number of ether oxygens (including phenoxy) is 1. The van der Waals surface area contributed by atoms with Crippen LogP contribution in [0.3, 0.4) is 0 Å². The third-order valence-corrected chi connectivity index (χ3v) is 2.46. The maximum Gasteiger partial charge on any atom is 0.308 e. The molecule has 0 fully saturated rings. The number of nitrogens with two attached hydrogens (primary N) is 1. The van der Waals surface area contributed by atoms with E-state index in [-0.39, 0.29) is 17.2 Å². The van der Waals surface area contributed by atoms with Gasteiger partial charge >= 0.3 is 5.97 Å². The minimum atomic E-state index is -1.14. The quantitative estimate of drug-likeness (QED) is 0.675. The second-order valence-electron chi connectivity index (χ2n) is 4.06. The normalized spacial score (nSPS) is 11.5. The molecule has 0 bridgehead atoms. The summed E-state index contributed by atoms with van der Waals surface area (Å²) in [5.41, 5.74) is 4.17. The fraction of sp³-hybridized carbons (Fsp3) is 0.500. The van der Waals surface area contributed by atoms with E-state index in [1.165, 1.54) is 7.11 Å². The number of aromatic amines is 1. The van der Waals surface area contributed by atoms with E-state index in [1.54, 1.807) is 13.8 Å². The molecule has 1 aromatic rings. The van der Waals surface area contributed by atoms with Crippen LogP contribution < -0.4 is 11.3 Å². The number of hydrogen-bond acceptors (Lipinski definition) is 5. The molecule has 0 amide bonds. The minimum Gasteiger partial charge on any atom is -0.481 e. The van der Waals surface area contributed by atoms with E-state index in [0.717, 1.165) is 0 Å². The topological polar surface area (TPSA) is 118 Å². The predicted molar refractivity (Wildman–Crippen MR) is 60.6 cm³/mol. The maximum absolute atomic E-state index is 11.7. The van der Waals surface area contributed by atoms with E-state index in [0.29, 0.717) is 0 Å². The van der Waals surface area contributed by atoms with E-state index in [1.807, 2.05) is 0 Å². The number of nitrogen functional groups attached to an aromatic ring is 1. The van der Waals surface area contributed by atoms with Gasteiger partial charge in [0.15, 0.2) is 0 Å². The number of nitrogens with one attached hydrogen (secondary N) is 1. The highest BCUT2D eigenvalue weighted by Crippen LogP contribution is 2.20. The van der Waals surface area contributed by atoms with Gasteiger partial charge in [-0.2, -0.15) is 0 Å². The summed E-state index contributed by atoms with van der Waals surface area (Å²) in [5, 5.41) is 8.63. The summed E-state index contributed by atoms with van der Waals surface area (Å²) < 4.78 is 5.15. The van der Waals surface area contributed by atoms with Gasteiger partial charge in [-0.05, 0) is 13.8 Å². The fourth-order valence-electron chi connectivity index (χ4n) is 1.22. The third-order valence-electron chi connectivity index (χ3n) is 2.46. The number of H-pyrrole nitrogens is 1. The van der Waals surface area contributed by atoms with Crippen molar-refractivity contribution in [2.75, 3.05) is 12.8 Å². The molecule has 0 aromatic carbocycles. The number of carboxylic acids is 1. The van der Waals surface area contributed by atoms with Crippen LogP contribution in [0.5, 0.6) is 0 Å². The number of nitrogens with zero attached hydrogens (tertiary/aromatic N) is 1. The second-order valence-corrected chi connectivity index (χ2v) is 4.06. The first kappa shape index (κ1) is 13.2. The highest BCUT2D eigenvalue weighted by molar-refractivity contribution is 5.71. The average molecular weight is 241 g/mol. The number of rotatable bonds is 4. The van der Waals surface area contributed by atoms with E-state index in [2.05, 4.69) is 9.97 Å². The molecule has 94 valence electrons. The standard InChI is InChI=1S/C10H15N3O4/c1-10(2,17-3)9-12-7(11)5(4-6(14)15)8(16)13-9/h4H2,1-3H3,(H,14,15)(H3,11,12,13,16). The van der Waals surface area contributed by atoms with Crippen molar-refractivity contribution in [3.8, 4) is 0 Å². The van der Waals surface area contributed by atoms with Crippen LogP contribution in [0.4, 0.5) is 5.82 Å². The molecular weight excluding hydrogens is 226 g/mol. The lowest BCUT2D eigenvalue weighted by molar-refractivity contribution is -0.136. The average Bonchev–Trinajstić information content (AvgIpc) is 2.22. The molecule has 0 atom stereocenters. The molecule has 1 heterocycles. The van der Waals surface area contributed by atoms with Gasteiger partial charge in [0.05, 0.1) is 12.0 Å². The molecule has 1 rings (SSSR count). The Labute approximate surface area is 97.6 Å². The molecule has 7 nitrogen and oxygen atoms in total. The third kappa shape index (κ3) is 2.82. The van der Waals surface area contributed by atoms with Crippen LogP contribution in [-0.2, 0) is 21.6 Å². The Balaban J connectivity index is 3.28. The minimum absolute atomic E-state index is 0.0480. The molecule has 17 heavy (non-hydrogen) atoms. The van der Waals surface area contributed by atoms with Gasteiger partial charge < -0.3 is 20.6 Å². The van der Waals surface area contributed by atoms with E-state index in [4.69, 9.17) is 15.6 Å². The van der Waals surface area contributed by atoms with Crippen LogP contribution in [0.1, 0.15) is 25.2 Å². The summed E-state index contributed by atoms with van der Waals surface area (Å²) in [6.45, 7) is 3.42. The number of hydrogen-bond donors (Lipinski definition) is 3.